The molecule has 1 unspecified atom stereocenters. The molecule has 12 N–H and O–H groups in total. The molecule has 2 fully saturated rings. The molecule has 0 aromatic heterocycles. The lowest BCUT2D eigenvalue weighted by Crippen LogP contribution is -2.61. The van der Waals surface area contributed by atoms with E-state index in [2.05, 4.69) is 0 Å². The minimum atomic E-state index is -2.38. The number of hydrogen-bond acceptors (Lipinski definition) is 17. The van der Waals surface area contributed by atoms with Crippen molar-refractivity contribution in [3.05, 3.63) is 85.1 Å². The van der Waals surface area contributed by atoms with Gasteiger partial charge in [-0.3, -0.25) is 14.4 Å². The van der Waals surface area contributed by atoms with Crippen LogP contribution in [0.3, 0.4) is 0 Å². The molecular weight excluding hydrogens is 851 g/mol. The van der Waals surface area contributed by atoms with Crippen molar-refractivity contribution in [3.8, 4) is 0 Å². The highest BCUT2D eigenvalue weighted by molar-refractivity contribution is 5.78. The number of ether oxygens (including phenoxy) is 4. The summed E-state index contributed by atoms with van der Waals surface area (Å²) in [5.41, 5.74) is 6.01. The van der Waals surface area contributed by atoms with Crippen molar-refractivity contribution in [1.82, 2.24) is 0 Å². The molecule has 0 amide bonds. The van der Waals surface area contributed by atoms with Gasteiger partial charge in [0.15, 0.2) is 12.1 Å². The third kappa shape index (κ3) is 18.5. The summed E-state index contributed by atoms with van der Waals surface area (Å²) in [5.74, 6) is -7.51. The lowest BCUT2D eigenvalue weighted by molar-refractivity contribution is -0.310. The lowest BCUT2D eigenvalue weighted by Gasteiger charge is -2.45. The second-order valence-corrected chi connectivity index (χ2v) is 17.4. The van der Waals surface area contributed by atoms with Gasteiger partial charge in [-0.1, -0.05) is 98.9 Å². The van der Waals surface area contributed by atoms with Crippen LogP contribution >= 0.6 is 0 Å². The highest BCUT2D eigenvalue weighted by Crippen LogP contribution is 2.38. The van der Waals surface area contributed by atoms with E-state index < -0.39 is 147 Å². The van der Waals surface area contributed by atoms with Crippen molar-refractivity contribution in [3.63, 3.8) is 0 Å². The first-order chi connectivity index (χ1) is 30.6. The van der Waals surface area contributed by atoms with Crippen LogP contribution < -0.4 is 5.73 Å². The summed E-state index contributed by atoms with van der Waals surface area (Å²) in [6, 6.07) is -1.15. The Bertz CT molecular complexity index is 1710. The Labute approximate surface area is 380 Å². The Morgan fingerprint density at radius 3 is 1.82 bits per heavy atom. The SMILES string of the molecule is C[C@@H]1[C@H](O)[C@@H](C)C=CC=CC=CC=CC=CC=CC=C[C@H](O[C@@H]2O[C@H](C)[C@@H](O)[C@H](N)[C@@H]2O)C[C@@H]2O[C@](O)(C[C@@H](O)C(O)CCC(=O)C[C@@H](O)C[C@@H](O)CC(=O)O[C@H]1C)C[C@H](O)[C@H]2C(=O)O. The number of allylic oxidation sites excluding steroid dienone is 12. The molecule has 0 saturated carbocycles. The van der Waals surface area contributed by atoms with Crippen LogP contribution in [0.4, 0.5) is 0 Å². The number of carboxylic acids is 1. The summed E-state index contributed by atoms with van der Waals surface area (Å²) in [4.78, 5) is 37.8. The standard InChI is InChI=1S/C47H71NO17/c1-27-17-15-13-11-9-7-5-6-8-10-12-14-16-18-34(64-46-44(58)41(48)43(57)30(4)63-46)24-38-40(45(59)60)37(54)26-47(61,65-38)25-36(53)35(52)20-19-31(49)21-32(50)22-33(51)23-39(55)62-29(3)28(2)42(27)56/h5-18,27-30,32-38,40-44,46,50-54,56-58,61H,19-26,48H2,1-4H3,(H,59,60)/t27-,28-,29-,30+,32+,33+,34-,35?,36+,37-,38-,40+,41-,42+,43+,44-,46-,47+/m0/s1. The number of hydrogen-bond donors (Lipinski definition) is 11. The summed E-state index contributed by atoms with van der Waals surface area (Å²) in [5, 5.41) is 107. The molecule has 18 atom stereocenters. The number of ketones is 1. The second-order valence-electron chi connectivity index (χ2n) is 17.4. The van der Waals surface area contributed by atoms with Gasteiger partial charge in [-0.25, -0.2) is 0 Å². The van der Waals surface area contributed by atoms with Crippen LogP contribution in [0, 0.1) is 17.8 Å². The maximum atomic E-state index is 12.7. The first kappa shape index (κ1) is 55.6. The molecule has 0 aromatic carbocycles. The van der Waals surface area contributed by atoms with Gasteiger partial charge in [0.1, 0.15) is 23.9 Å². The average Bonchev–Trinajstić information content (AvgIpc) is 3.21. The van der Waals surface area contributed by atoms with Gasteiger partial charge in [0, 0.05) is 50.4 Å². The summed E-state index contributed by atoms with van der Waals surface area (Å²) in [7, 11) is 0. The fourth-order valence-corrected chi connectivity index (χ4v) is 7.82. The van der Waals surface area contributed by atoms with Crippen molar-refractivity contribution < 1.29 is 84.4 Å². The van der Waals surface area contributed by atoms with Gasteiger partial charge in [-0.15, -0.1) is 0 Å². The van der Waals surface area contributed by atoms with Gasteiger partial charge >= 0.3 is 11.9 Å². The number of fused-ring (bicyclic) bond motifs is 2. The molecule has 366 valence electrons. The van der Waals surface area contributed by atoms with E-state index >= 15 is 0 Å². The van der Waals surface area contributed by atoms with Crippen LogP contribution in [0.5, 0.6) is 0 Å². The minimum Gasteiger partial charge on any atom is -0.481 e. The Hall–Kier alpha value is -3.73. The zero-order valence-corrected chi connectivity index (χ0v) is 37.5. The molecule has 3 aliphatic heterocycles. The zero-order chi connectivity index (χ0) is 48.4. The van der Waals surface area contributed by atoms with Crippen LogP contribution in [0.25, 0.3) is 0 Å². The van der Waals surface area contributed by atoms with Gasteiger partial charge in [0.2, 0.25) is 0 Å². The van der Waals surface area contributed by atoms with E-state index in [-0.39, 0.29) is 31.6 Å². The molecule has 3 heterocycles. The first-order valence-corrected chi connectivity index (χ1v) is 22.2. The van der Waals surface area contributed by atoms with E-state index in [4.69, 9.17) is 24.7 Å². The monoisotopic (exact) mass is 921 g/mol. The lowest BCUT2D eigenvalue weighted by atomic mass is 9.82. The van der Waals surface area contributed by atoms with Gasteiger partial charge < -0.3 is 75.7 Å². The van der Waals surface area contributed by atoms with Crippen LogP contribution in [-0.2, 0) is 33.3 Å². The van der Waals surface area contributed by atoms with Gasteiger partial charge in [-0.05, 0) is 20.3 Å². The van der Waals surface area contributed by atoms with E-state index in [9.17, 15) is 65.4 Å². The molecule has 3 aliphatic rings. The van der Waals surface area contributed by atoms with Gasteiger partial charge in [0.25, 0.3) is 0 Å². The second kappa shape index (κ2) is 27.2. The minimum absolute atomic E-state index is 0.291. The van der Waals surface area contributed by atoms with Crippen LogP contribution in [0.1, 0.15) is 79.1 Å². The Balaban J connectivity index is 1.86. The number of rotatable bonds is 3. The Morgan fingerprint density at radius 1 is 0.692 bits per heavy atom. The number of carbonyl (C=O) groups excluding carboxylic acids is 2. The van der Waals surface area contributed by atoms with Gasteiger partial charge in [0.05, 0.1) is 73.5 Å². The van der Waals surface area contributed by atoms with Crippen molar-refractivity contribution >= 4 is 17.7 Å². The fourth-order valence-electron chi connectivity index (χ4n) is 7.82. The Morgan fingerprint density at radius 2 is 1.23 bits per heavy atom. The number of carbonyl (C=O) groups is 3. The molecular formula is C47H71NO17. The van der Waals surface area contributed by atoms with E-state index in [1.165, 1.54) is 13.0 Å². The van der Waals surface area contributed by atoms with Crippen molar-refractivity contribution in [2.24, 2.45) is 23.5 Å². The third-order valence-corrected chi connectivity index (χ3v) is 11.9. The van der Waals surface area contributed by atoms with Gasteiger partial charge in [-0.2, -0.15) is 0 Å². The van der Waals surface area contributed by atoms with Crippen molar-refractivity contribution in [1.29, 1.82) is 0 Å². The van der Waals surface area contributed by atoms with Crippen molar-refractivity contribution in [2.75, 3.05) is 0 Å². The summed E-state index contributed by atoms with van der Waals surface area (Å²) >= 11 is 0. The predicted molar refractivity (Wildman–Crippen MR) is 236 cm³/mol. The number of aliphatic carboxylic acids is 1. The number of cyclic esters (lactones) is 1. The smallest absolute Gasteiger partial charge is 0.311 e. The third-order valence-electron chi connectivity index (χ3n) is 11.9. The predicted octanol–water partition coefficient (Wildman–Crippen LogP) is 0.920. The molecule has 18 heteroatoms. The molecule has 2 saturated heterocycles. The van der Waals surface area contributed by atoms with Crippen molar-refractivity contribution in [2.45, 2.75) is 170 Å². The first-order valence-electron chi connectivity index (χ1n) is 22.2. The molecule has 18 nitrogen and oxygen atoms in total. The van der Waals surface area contributed by atoms with E-state index in [1.807, 2.05) is 13.0 Å². The summed E-state index contributed by atoms with van der Waals surface area (Å²) in [6.45, 7) is 6.70. The fraction of sp³-hybridized carbons (Fsp3) is 0.638. The number of esters is 1. The van der Waals surface area contributed by atoms with E-state index in [0.717, 1.165) is 0 Å². The van der Waals surface area contributed by atoms with E-state index in [1.54, 1.807) is 86.8 Å². The zero-order valence-electron chi connectivity index (χ0n) is 37.5. The summed E-state index contributed by atoms with van der Waals surface area (Å²) < 4.78 is 23.1. The quantitative estimate of drug-likeness (QED) is 0.175. The number of aliphatic hydroxyl groups is 9. The number of Topliss-reactive ketones (excluding diaryl/α,β-unsaturated/α-hetero) is 1. The average molecular weight is 922 g/mol. The molecule has 3 rings (SSSR count). The van der Waals surface area contributed by atoms with Crippen LogP contribution in [0.2, 0.25) is 0 Å². The highest BCUT2D eigenvalue weighted by Gasteiger charge is 2.51. The molecule has 0 spiro atoms. The number of nitrogens with two attached hydrogens (primary N) is 1. The molecule has 65 heavy (non-hydrogen) atoms. The molecule has 0 aromatic rings. The molecule has 0 aliphatic carbocycles. The maximum Gasteiger partial charge on any atom is 0.311 e. The number of aliphatic hydroxyl groups excluding tert-OH is 8. The topological polar surface area (TPSA) is 316 Å². The normalized spacial score (nSPS) is 40.9. The molecule has 2 bridgehead atoms. The largest absolute Gasteiger partial charge is 0.481 e. The Kier molecular flexibility index (Phi) is 23.2. The summed E-state index contributed by atoms with van der Waals surface area (Å²) in [6.07, 6.45) is 3.67. The highest BCUT2D eigenvalue weighted by atomic mass is 16.7. The van der Waals surface area contributed by atoms with Crippen LogP contribution in [-0.4, -0.2) is 160 Å². The van der Waals surface area contributed by atoms with Crippen LogP contribution in [0.15, 0.2) is 85.1 Å². The molecule has 0 radical (unpaired) electrons. The van der Waals surface area contributed by atoms with E-state index in [0.29, 0.717) is 0 Å². The maximum absolute atomic E-state index is 12.7. The number of carboxylic acid groups (broad SMARTS) is 1.